The third-order valence-electron chi connectivity index (χ3n) is 7.56. The lowest BCUT2D eigenvalue weighted by atomic mass is 9.90. The Morgan fingerprint density at radius 1 is 1.00 bits per heavy atom. The number of amides is 4. The minimum absolute atomic E-state index is 0.0189. The number of nitrogens with zero attached hydrogens (tertiary/aromatic N) is 2. The van der Waals surface area contributed by atoms with Crippen LogP contribution < -0.4 is 25.6 Å². The lowest BCUT2D eigenvalue weighted by molar-refractivity contribution is -0.121. The summed E-state index contributed by atoms with van der Waals surface area (Å²) in [6, 6.07) is 18.0. The highest BCUT2D eigenvalue weighted by Gasteiger charge is 2.34. The normalized spacial score (nSPS) is 18.1. The Morgan fingerprint density at radius 2 is 1.76 bits per heavy atom. The summed E-state index contributed by atoms with van der Waals surface area (Å²) >= 11 is 1.35. The van der Waals surface area contributed by atoms with Gasteiger partial charge in [-0.05, 0) is 50.1 Å². The van der Waals surface area contributed by atoms with Crippen molar-refractivity contribution in [2.24, 2.45) is 0 Å². The van der Waals surface area contributed by atoms with Crippen LogP contribution in [0.2, 0.25) is 0 Å². The fourth-order valence-corrected chi connectivity index (χ4v) is 6.64. The topological polar surface area (TPSA) is 113 Å². The largest absolute Gasteiger partial charge is 0.439 e. The molecule has 10 heteroatoms. The molecule has 41 heavy (non-hydrogen) atoms. The molecule has 6 rings (SSSR count). The van der Waals surface area contributed by atoms with Crippen LogP contribution >= 0.6 is 11.3 Å². The molecule has 4 aromatic rings. The predicted molar refractivity (Wildman–Crippen MR) is 160 cm³/mol. The van der Waals surface area contributed by atoms with E-state index >= 15 is 0 Å². The Labute approximate surface area is 241 Å². The highest BCUT2D eigenvalue weighted by atomic mass is 32.1. The second-order valence-electron chi connectivity index (χ2n) is 10.3. The van der Waals surface area contributed by atoms with Crippen molar-refractivity contribution >= 4 is 56.3 Å². The molecule has 3 heterocycles. The van der Waals surface area contributed by atoms with Crippen molar-refractivity contribution in [2.75, 3.05) is 10.2 Å². The lowest BCUT2D eigenvalue weighted by Gasteiger charge is -2.33. The molecule has 1 fully saturated rings. The molecule has 1 saturated carbocycles. The van der Waals surface area contributed by atoms with Crippen molar-refractivity contribution in [3.05, 3.63) is 71.2 Å². The number of ether oxygens (including phenoxy) is 1. The number of nitrogens with one attached hydrogen (secondary N) is 3. The maximum absolute atomic E-state index is 13.6. The van der Waals surface area contributed by atoms with Crippen molar-refractivity contribution in [1.82, 2.24) is 15.6 Å². The summed E-state index contributed by atoms with van der Waals surface area (Å²) in [5.74, 6) is 0.839. The number of thiophene rings is 1. The van der Waals surface area contributed by atoms with Gasteiger partial charge in [0, 0.05) is 34.7 Å². The van der Waals surface area contributed by atoms with Crippen molar-refractivity contribution in [2.45, 2.75) is 58.0 Å². The van der Waals surface area contributed by atoms with Crippen LogP contribution in [-0.4, -0.2) is 34.9 Å². The highest BCUT2D eigenvalue weighted by molar-refractivity contribution is 7.21. The monoisotopic (exact) mass is 569 g/mol. The molecule has 9 nitrogen and oxygen atoms in total. The van der Waals surface area contributed by atoms with Gasteiger partial charge in [0.25, 0.3) is 5.91 Å². The first kappa shape index (κ1) is 26.8. The van der Waals surface area contributed by atoms with Gasteiger partial charge >= 0.3 is 6.03 Å². The van der Waals surface area contributed by atoms with E-state index in [1.54, 1.807) is 11.0 Å². The third-order valence-corrected chi connectivity index (χ3v) is 8.72. The summed E-state index contributed by atoms with van der Waals surface area (Å²) in [4.78, 5) is 45.9. The van der Waals surface area contributed by atoms with E-state index in [2.05, 4.69) is 20.9 Å². The van der Waals surface area contributed by atoms with Gasteiger partial charge in [-0.15, -0.1) is 11.3 Å². The molecule has 0 unspecified atom stereocenters. The number of rotatable bonds is 7. The molecular weight excluding hydrogens is 538 g/mol. The van der Waals surface area contributed by atoms with Crippen molar-refractivity contribution in [3.63, 3.8) is 0 Å². The van der Waals surface area contributed by atoms with E-state index in [4.69, 9.17) is 4.74 Å². The number of para-hydroxylation sites is 1. The van der Waals surface area contributed by atoms with Gasteiger partial charge in [-0.2, -0.15) is 0 Å². The maximum atomic E-state index is 13.6. The number of anilines is 3. The van der Waals surface area contributed by atoms with Crippen LogP contribution in [-0.2, 0) is 4.79 Å². The van der Waals surface area contributed by atoms with Crippen LogP contribution in [0.15, 0.2) is 60.7 Å². The van der Waals surface area contributed by atoms with Gasteiger partial charge in [0.1, 0.15) is 10.6 Å². The van der Waals surface area contributed by atoms with Crippen molar-refractivity contribution < 1.29 is 19.1 Å². The van der Waals surface area contributed by atoms with Gasteiger partial charge in [-0.1, -0.05) is 44.0 Å². The Morgan fingerprint density at radius 3 is 2.49 bits per heavy atom. The first-order valence-electron chi connectivity index (χ1n) is 13.9. The molecule has 0 saturated heterocycles. The van der Waals surface area contributed by atoms with Crippen LogP contribution in [0.4, 0.5) is 21.9 Å². The Hall–Kier alpha value is -4.44. The van der Waals surface area contributed by atoms with Crippen LogP contribution in [0.1, 0.15) is 54.4 Å². The average Bonchev–Trinajstić information content (AvgIpc) is 3.35. The van der Waals surface area contributed by atoms with Crippen LogP contribution in [0.25, 0.3) is 10.1 Å². The Balaban J connectivity index is 1.30. The summed E-state index contributed by atoms with van der Waals surface area (Å²) in [7, 11) is 0. The SMILES string of the molecule is CCC(=O)N[C@@H]1CCCC[C@H]1NC(=O)c1sc2cccc3c2c1NC(=O)N3c1ccc(Oc2ccccc2)nc1C. The van der Waals surface area contributed by atoms with Gasteiger partial charge in [-0.25, -0.2) is 9.78 Å². The van der Waals surface area contributed by atoms with E-state index in [-0.39, 0.29) is 29.9 Å². The maximum Gasteiger partial charge on any atom is 0.331 e. The number of urea groups is 1. The molecule has 0 bridgehead atoms. The molecule has 3 N–H and O–H groups in total. The van der Waals surface area contributed by atoms with E-state index in [0.717, 1.165) is 35.8 Å². The van der Waals surface area contributed by atoms with Gasteiger partial charge in [-0.3, -0.25) is 14.5 Å². The van der Waals surface area contributed by atoms with Gasteiger partial charge < -0.3 is 20.7 Å². The van der Waals surface area contributed by atoms with Crippen LogP contribution in [0.5, 0.6) is 11.6 Å². The molecule has 2 atom stereocenters. The number of hydrogen-bond donors (Lipinski definition) is 3. The molecule has 1 aliphatic heterocycles. The van der Waals surface area contributed by atoms with E-state index in [1.807, 2.05) is 68.4 Å². The summed E-state index contributed by atoms with van der Waals surface area (Å²) < 4.78 is 6.76. The second-order valence-corrected chi connectivity index (χ2v) is 11.3. The van der Waals surface area contributed by atoms with Gasteiger partial charge in [0.15, 0.2) is 0 Å². The highest BCUT2D eigenvalue weighted by Crippen LogP contribution is 2.47. The van der Waals surface area contributed by atoms with Gasteiger partial charge in [0.05, 0.1) is 22.8 Å². The number of benzene rings is 2. The summed E-state index contributed by atoms with van der Waals surface area (Å²) in [5.41, 5.74) is 2.44. The van der Waals surface area contributed by atoms with E-state index < -0.39 is 0 Å². The number of aryl methyl sites for hydroxylation is 1. The van der Waals surface area contributed by atoms with E-state index in [0.29, 0.717) is 45.7 Å². The zero-order valence-corrected chi connectivity index (χ0v) is 23.7. The first-order chi connectivity index (χ1) is 19.9. The first-order valence-corrected chi connectivity index (χ1v) is 14.7. The molecule has 0 radical (unpaired) electrons. The molecule has 2 aliphatic rings. The predicted octanol–water partition coefficient (Wildman–Crippen LogP) is 6.65. The van der Waals surface area contributed by atoms with Crippen LogP contribution in [0, 0.1) is 6.92 Å². The van der Waals surface area contributed by atoms with Gasteiger partial charge in [0.2, 0.25) is 11.8 Å². The van der Waals surface area contributed by atoms with E-state index in [9.17, 15) is 14.4 Å². The zero-order valence-electron chi connectivity index (χ0n) is 22.9. The lowest BCUT2D eigenvalue weighted by Crippen LogP contribution is -2.53. The number of hydrogen-bond acceptors (Lipinski definition) is 6. The number of carbonyl (C=O) groups is 3. The number of pyridine rings is 1. The molecule has 210 valence electrons. The molecule has 2 aromatic heterocycles. The number of aromatic nitrogens is 1. The summed E-state index contributed by atoms with van der Waals surface area (Å²) in [5, 5.41) is 10.0. The fraction of sp³-hybridized carbons (Fsp3) is 0.290. The van der Waals surface area contributed by atoms with E-state index in [1.165, 1.54) is 11.3 Å². The smallest absolute Gasteiger partial charge is 0.331 e. The molecule has 2 aromatic carbocycles. The minimum Gasteiger partial charge on any atom is -0.439 e. The second kappa shape index (κ2) is 11.2. The Bertz CT molecular complexity index is 1640. The third kappa shape index (κ3) is 5.22. The molecule has 0 spiro atoms. The standard InChI is InChI=1S/C31H31N5O4S/c1-3-25(37)33-20-12-7-8-13-21(20)34-30(38)29-28-27-23(14-9-15-24(27)41-29)36(31(39)35-28)22-16-17-26(32-18(22)2)40-19-10-5-4-6-11-19/h4-6,9-11,14-17,20-21H,3,7-8,12-13H2,1-2H3,(H,33,37)(H,34,38)(H,35,39)/t20-,21-/m1/s1. The molecule has 1 aliphatic carbocycles. The molecule has 4 amide bonds. The molecular formula is C31H31N5O4S. The number of carbonyl (C=O) groups excluding carboxylic acids is 3. The summed E-state index contributed by atoms with van der Waals surface area (Å²) in [6.45, 7) is 3.65. The van der Waals surface area contributed by atoms with Crippen molar-refractivity contribution in [1.29, 1.82) is 0 Å². The average molecular weight is 570 g/mol. The fourth-order valence-electron chi connectivity index (χ4n) is 5.56. The zero-order chi connectivity index (χ0) is 28.5. The summed E-state index contributed by atoms with van der Waals surface area (Å²) in [6.07, 6.45) is 4.02. The Kier molecular flexibility index (Phi) is 7.32. The minimum atomic E-state index is -0.371. The van der Waals surface area contributed by atoms with Crippen molar-refractivity contribution in [3.8, 4) is 11.6 Å². The van der Waals surface area contributed by atoms with Crippen LogP contribution in [0.3, 0.4) is 0 Å². The quantitative estimate of drug-likeness (QED) is 0.231.